The topological polar surface area (TPSA) is 78.4 Å². The van der Waals surface area contributed by atoms with Crippen LogP contribution in [0.2, 0.25) is 0 Å². The van der Waals surface area contributed by atoms with Crippen molar-refractivity contribution in [2.24, 2.45) is 0 Å². The molecule has 0 saturated carbocycles. The molecule has 0 spiro atoms. The van der Waals surface area contributed by atoms with Gasteiger partial charge in [0.2, 0.25) is 0 Å². The molecule has 3 N–H and O–H groups in total. The lowest BCUT2D eigenvalue weighted by Crippen LogP contribution is -2.43. The second-order valence-corrected chi connectivity index (χ2v) is 5.85. The Morgan fingerprint density at radius 1 is 1.24 bits per heavy atom. The van der Waals surface area contributed by atoms with Gasteiger partial charge in [-0.3, -0.25) is 4.79 Å². The van der Waals surface area contributed by atoms with Crippen LogP contribution in [0.15, 0.2) is 30.3 Å². The first-order chi connectivity index (χ1) is 10.0. The van der Waals surface area contributed by atoms with E-state index in [9.17, 15) is 9.59 Å². The van der Waals surface area contributed by atoms with Gasteiger partial charge in [-0.15, -0.1) is 0 Å². The number of benzene rings is 1. The van der Waals surface area contributed by atoms with Crippen molar-refractivity contribution < 1.29 is 14.7 Å². The van der Waals surface area contributed by atoms with Crippen molar-refractivity contribution >= 4 is 23.8 Å². The zero-order valence-corrected chi connectivity index (χ0v) is 13.2. The molecule has 0 aliphatic carbocycles. The molecule has 0 aromatic heterocycles. The number of aliphatic carboxylic acids is 1. The van der Waals surface area contributed by atoms with Gasteiger partial charge < -0.3 is 15.7 Å². The normalized spacial score (nSPS) is 13.2. The summed E-state index contributed by atoms with van der Waals surface area (Å²) >= 11 is 1.73. The molecular formula is C15H22N2O3S. The molecule has 1 rings (SSSR count). The Kier molecular flexibility index (Phi) is 7.68. The maximum absolute atomic E-state index is 12.0. The Morgan fingerprint density at radius 2 is 1.90 bits per heavy atom. The quantitative estimate of drug-likeness (QED) is 0.690. The first kappa shape index (κ1) is 17.4. The van der Waals surface area contributed by atoms with E-state index in [1.54, 1.807) is 11.8 Å². The molecule has 0 heterocycles. The minimum Gasteiger partial charge on any atom is -0.481 e. The molecule has 0 fully saturated rings. The van der Waals surface area contributed by atoms with Crippen LogP contribution in [0.1, 0.15) is 31.4 Å². The number of hydrogen-bond acceptors (Lipinski definition) is 3. The second kappa shape index (κ2) is 9.28. The molecule has 2 atom stereocenters. The summed E-state index contributed by atoms with van der Waals surface area (Å²) in [6.07, 6.45) is 2.76. The lowest BCUT2D eigenvalue weighted by Gasteiger charge is -2.20. The van der Waals surface area contributed by atoms with Crippen LogP contribution < -0.4 is 10.6 Å². The van der Waals surface area contributed by atoms with Gasteiger partial charge in [-0.05, 0) is 30.9 Å². The van der Waals surface area contributed by atoms with Crippen molar-refractivity contribution in [3.05, 3.63) is 35.9 Å². The highest BCUT2D eigenvalue weighted by Gasteiger charge is 2.18. The smallest absolute Gasteiger partial charge is 0.315 e. The van der Waals surface area contributed by atoms with Crippen molar-refractivity contribution in [1.82, 2.24) is 10.6 Å². The van der Waals surface area contributed by atoms with Gasteiger partial charge in [-0.25, -0.2) is 4.79 Å². The Morgan fingerprint density at radius 3 is 2.48 bits per heavy atom. The Balaban J connectivity index is 2.60. The lowest BCUT2D eigenvalue weighted by atomic mass is 10.0. The Labute approximate surface area is 129 Å². The molecule has 0 radical (unpaired) electrons. The standard InChI is InChI=1S/C15H22N2O3S/c1-11(8-9-21-2)16-15(20)17-13(10-14(18)19)12-6-4-3-5-7-12/h3-7,11,13H,8-10H2,1-2H3,(H,18,19)(H2,16,17,20). The molecule has 2 amide bonds. The number of nitrogens with one attached hydrogen (secondary N) is 2. The van der Waals surface area contributed by atoms with Crippen LogP contribution in [0.3, 0.4) is 0 Å². The maximum Gasteiger partial charge on any atom is 0.315 e. The van der Waals surface area contributed by atoms with Crippen LogP contribution in [0.4, 0.5) is 4.79 Å². The lowest BCUT2D eigenvalue weighted by molar-refractivity contribution is -0.137. The minimum atomic E-state index is -0.945. The first-order valence-electron chi connectivity index (χ1n) is 6.85. The second-order valence-electron chi connectivity index (χ2n) is 4.86. The molecule has 0 saturated heterocycles. The van der Waals surface area contributed by atoms with Gasteiger partial charge in [0.25, 0.3) is 0 Å². The van der Waals surface area contributed by atoms with Gasteiger partial charge in [-0.2, -0.15) is 11.8 Å². The first-order valence-corrected chi connectivity index (χ1v) is 8.25. The van der Waals surface area contributed by atoms with Gasteiger partial charge in [0.1, 0.15) is 0 Å². The van der Waals surface area contributed by atoms with E-state index in [0.29, 0.717) is 0 Å². The highest BCUT2D eigenvalue weighted by Crippen LogP contribution is 2.16. The molecule has 0 bridgehead atoms. The van der Waals surface area contributed by atoms with Gasteiger partial charge in [0, 0.05) is 6.04 Å². The zero-order valence-electron chi connectivity index (χ0n) is 12.3. The van der Waals surface area contributed by atoms with Crippen LogP contribution in [0.5, 0.6) is 0 Å². The third-order valence-electron chi connectivity index (χ3n) is 3.02. The van der Waals surface area contributed by atoms with Crippen molar-refractivity contribution in [3.8, 4) is 0 Å². The van der Waals surface area contributed by atoms with Crippen LogP contribution in [-0.2, 0) is 4.79 Å². The van der Waals surface area contributed by atoms with E-state index in [4.69, 9.17) is 5.11 Å². The molecule has 0 aliphatic rings. The summed E-state index contributed by atoms with van der Waals surface area (Å²) in [6.45, 7) is 1.94. The van der Waals surface area contributed by atoms with Crippen LogP contribution in [-0.4, -0.2) is 35.2 Å². The highest BCUT2D eigenvalue weighted by molar-refractivity contribution is 7.98. The molecule has 21 heavy (non-hydrogen) atoms. The fourth-order valence-corrected chi connectivity index (χ4v) is 2.49. The number of urea groups is 1. The molecule has 5 nitrogen and oxygen atoms in total. The predicted octanol–water partition coefficient (Wildman–Crippen LogP) is 2.64. The summed E-state index contributed by atoms with van der Waals surface area (Å²) in [5.74, 6) is 0.0261. The Hall–Kier alpha value is -1.69. The largest absolute Gasteiger partial charge is 0.481 e. The van der Waals surface area contributed by atoms with Crippen molar-refractivity contribution in [2.75, 3.05) is 12.0 Å². The highest BCUT2D eigenvalue weighted by atomic mass is 32.2. The summed E-state index contributed by atoms with van der Waals surface area (Å²) in [5, 5.41) is 14.5. The average Bonchev–Trinajstić information content (AvgIpc) is 2.44. The fourth-order valence-electron chi connectivity index (χ4n) is 1.90. The molecule has 1 aromatic carbocycles. The number of amides is 2. The third kappa shape index (κ3) is 7.04. The van der Waals surface area contributed by atoms with E-state index in [1.807, 2.05) is 43.5 Å². The van der Waals surface area contributed by atoms with Gasteiger partial charge in [-0.1, -0.05) is 30.3 Å². The van der Waals surface area contributed by atoms with E-state index >= 15 is 0 Å². The minimum absolute atomic E-state index is 0.0544. The number of carbonyl (C=O) groups excluding carboxylic acids is 1. The summed E-state index contributed by atoms with van der Waals surface area (Å²) < 4.78 is 0. The van der Waals surface area contributed by atoms with Crippen LogP contribution >= 0.6 is 11.8 Å². The predicted molar refractivity (Wildman–Crippen MR) is 85.6 cm³/mol. The summed E-state index contributed by atoms with van der Waals surface area (Å²) in [4.78, 5) is 22.9. The molecule has 1 aromatic rings. The maximum atomic E-state index is 12.0. The van der Waals surface area contributed by atoms with Gasteiger partial charge >= 0.3 is 12.0 Å². The van der Waals surface area contributed by atoms with Gasteiger partial charge in [0.15, 0.2) is 0 Å². The molecule has 116 valence electrons. The molecule has 0 aliphatic heterocycles. The summed E-state index contributed by atoms with van der Waals surface area (Å²) in [7, 11) is 0. The number of thioether (sulfide) groups is 1. The monoisotopic (exact) mass is 310 g/mol. The molecule has 6 heteroatoms. The zero-order chi connectivity index (χ0) is 15.7. The summed E-state index contributed by atoms with van der Waals surface area (Å²) in [5.41, 5.74) is 0.784. The van der Waals surface area contributed by atoms with E-state index in [1.165, 1.54) is 0 Å². The van der Waals surface area contributed by atoms with Crippen LogP contribution in [0, 0.1) is 0 Å². The number of carboxylic acid groups (broad SMARTS) is 1. The molecular weight excluding hydrogens is 288 g/mol. The van der Waals surface area contributed by atoms with E-state index < -0.39 is 12.0 Å². The van der Waals surface area contributed by atoms with E-state index in [0.717, 1.165) is 17.7 Å². The fraction of sp³-hybridized carbons (Fsp3) is 0.467. The SMILES string of the molecule is CSCCC(C)NC(=O)NC(CC(=O)O)c1ccccc1. The van der Waals surface area contributed by atoms with Gasteiger partial charge in [0.05, 0.1) is 12.5 Å². The van der Waals surface area contributed by atoms with Crippen LogP contribution in [0.25, 0.3) is 0 Å². The van der Waals surface area contributed by atoms with E-state index in [-0.39, 0.29) is 18.5 Å². The number of rotatable bonds is 8. The van der Waals surface area contributed by atoms with Crippen molar-refractivity contribution in [1.29, 1.82) is 0 Å². The summed E-state index contributed by atoms with van der Waals surface area (Å²) in [6, 6.07) is 8.31. The number of carboxylic acids is 1. The average molecular weight is 310 g/mol. The third-order valence-corrected chi connectivity index (χ3v) is 3.66. The number of hydrogen-bond donors (Lipinski definition) is 3. The van der Waals surface area contributed by atoms with Crippen molar-refractivity contribution in [3.63, 3.8) is 0 Å². The Bertz CT molecular complexity index is 453. The number of carbonyl (C=O) groups is 2. The molecule has 2 unspecified atom stereocenters. The van der Waals surface area contributed by atoms with E-state index in [2.05, 4.69) is 10.6 Å². The van der Waals surface area contributed by atoms with Crippen molar-refractivity contribution in [2.45, 2.75) is 31.8 Å².